The SMILES string of the molecule is CCCc1cc(C(=O)N[C@H](C)C(=O)O)cc(Cl)n1. The molecular formula is C12H15ClN2O3. The number of rotatable bonds is 5. The summed E-state index contributed by atoms with van der Waals surface area (Å²) in [6.45, 7) is 3.39. The minimum atomic E-state index is -1.09. The average Bonchev–Trinajstić information content (AvgIpc) is 2.28. The summed E-state index contributed by atoms with van der Waals surface area (Å²) in [6.07, 6.45) is 1.61. The number of pyridine rings is 1. The number of hydrogen-bond acceptors (Lipinski definition) is 3. The molecule has 1 rings (SSSR count). The van der Waals surface area contributed by atoms with Crippen LogP contribution in [0.5, 0.6) is 0 Å². The molecule has 0 aromatic carbocycles. The normalized spacial score (nSPS) is 11.9. The molecule has 1 amide bonds. The molecule has 1 aromatic rings. The monoisotopic (exact) mass is 270 g/mol. The highest BCUT2D eigenvalue weighted by Gasteiger charge is 2.16. The minimum Gasteiger partial charge on any atom is -0.480 e. The number of carbonyl (C=O) groups is 2. The molecule has 1 atom stereocenters. The third-order valence-electron chi connectivity index (χ3n) is 2.33. The molecule has 0 unspecified atom stereocenters. The number of carboxylic acid groups (broad SMARTS) is 1. The third kappa shape index (κ3) is 4.00. The number of carboxylic acids is 1. The maximum absolute atomic E-state index is 11.8. The Morgan fingerprint density at radius 3 is 2.72 bits per heavy atom. The Morgan fingerprint density at radius 2 is 2.17 bits per heavy atom. The second kappa shape index (κ2) is 6.35. The standard InChI is InChI=1S/C12H15ClN2O3/c1-3-4-9-5-8(6-10(13)15-9)11(16)14-7(2)12(17)18/h5-7H,3-4H2,1-2H3,(H,14,16)(H,17,18)/t7-/m1/s1. The lowest BCUT2D eigenvalue weighted by Gasteiger charge is -2.10. The fourth-order valence-corrected chi connectivity index (χ4v) is 1.63. The molecule has 0 bridgehead atoms. The number of aromatic nitrogens is 1. The van der Waals surface area contributed by atoms with Crippen molar-refractivity contribution in [2.24, 2.45) is 0 Å². The lowest BCUT2D eigenvalue weighted by atomic mass is 10.1. The van der Waals surface area contributed by atoms with Gasteiger partial charge >= 0.3 is 5.97 Å². The molecule has 0 spiro atoms. The van der Waals surface area contributed by atoms with Gasteiger partial charge in [0, 0.05) is 11.3 Å². The average molecular weight is 271 g/mol. The van der Waals surface area contributed by atoms with Crippen LogP contribution < -0.4 is 5.32 Å². The van der Waals surface area contributed by atoms with Crippen molar-refractivity contribution in [1.29, 1.82) is 0 Å². The Labute approximate surface area is 110 Å². The predicted molar refractivity (Wildman–Crippen MR) is 67.8 cm³/mol. The Bertz CT molecular complexity index is 463. The second-order valence-electron chi connectivity index (χ2n) is 3.95. The van der Waals surface area contributed by atoms with E-state index in [-0.39, 0.29) is 5.15 Å². The van der Waals surface area contributed by atoms with Gasteiger partial charge in [0.15, 0.2) is 0 Å². The van der Waals surface area contributed by atoms with Gasteiger partial charge in [-0.25, -0.2) is 4.98 Å². The van der Waals surface area contributed by atoms with Gasteiger partial charge in [0.25, 0.3) is 5.91 Å². The zero-order valence-electron chi connectivity index (χ0n) is 10.2. The van der Waals surface area contributed by atoms with Gasteiger partial charge < -0.3 is 10.4 Å². The Kier molecular flexibility index (Phi) is 5.09. The Hall–Kier alpha value is -1.62. The van der Waals surface area contributed by atoms with E-state index < -0.39 is 17.9 Å². The van der Waals surface area contributed by atoms with Crippen LogP contribution in [0.4, 0.5) is 0 Å². The van der Waals surface area contributed by atoms with Crippen molar-refractivity contribution in [1.82, 2.24) is 10.3 Å². The largest absolute Gasteiger partial charge is 0.480 e. The van der Waals surface area contributed by atoms with E-state index in [0.29, 0.717) is 5.56 Å². The molecule has 6 heteroatoms. The molecular weight excluding hydrogens is 256 g/mol. The number of carbonyl (C=O) groups excluding carboxylic acids is 1. The summed E-state index contributed by atoms with van der Waals surface area (Å²) in [6, 6.07) is 2.10. The quantitative estimate of drug-likeness (QED) is 0.801. The number of nitrogens with zero attached hydrogens (tertiary/aromatic N) is 1. The van der Waals surface area contributed by atoms with E-state index in [0.717, 1.165) is 18.5 Å². The molecule has 1 heterocycles. The van der Waals surface area contributed by atoms with Crippen molar-refractivity contribution in [2.45, 2.75) is 32.7 Å². The first-order valence-corrected chi connectivity index (χ1v) is 6.02. The zero-order chi connectivity index (χ0) is 13.7. The molecule has 2 N–H and O–H groups in total. The fourth-order valence-electron chi connectivity index (χ4n) is 1.41. The number of aliphatic carboxylic acids is 1. The second-order valence-corrected chi connectivity index (χ2v) is 4.34. The maximum atomic E-state index is 11.8. The first kappa shape index (κ1) is 14.4. The summed E-state index contributed by atoms with van der Waals surface area (Å²) in [5, 5.41) is 11.3. The van der Waals surface area contributed by atoms with Crippen LogP contribution in [0.1, 0.15) is 36.3 Å². The molecule has 0 aliphatic heterocycles. The van der Waals surface area contributed by atoms with Gasteiger partial charge in [0.2, 0.25) is 0 Å². The third-order valence-corrected chi connectivity index (χ3v) is 2.53. The van der Waals surface area contributed by atoms with Crippen molar-refractivity contribution < 1.29 is 14.7 Å². The summed E-state index contributed by atoms with van der Waals surface area (Å²) in [5.74, 6) is -1.55. The van der Waals surface area contributed by atoms with Crippen molar-refractivity contribution >= 4 is 23.5 Å². The fraction of sp³-hybridized carbons (Fsp3) is 0.417. The highest BCUT2D eigenvalue weighted by molar-refractivity contribution is 6.29. The van der Waals surface area contributed by atoms with E-state index in [4.69, 9.17) is 16.7 Å². The summed E-state index contributed by atoms with van der Waals surface area (Å²) in [5.41, 5.74) is 1.05. The van der Waals surface area contributed by atoms with Crippen LogP contribution in [0.3, 0.4) is 0 Å². The number of amides is 1. The molecule has 98 valence electrons. The molecule has 1 aromatic heterocycles. The lowest BCUT2D eigenvalue weighted by molar-refractivity contribution is -0.138. The summed E-state index contributed by atoms with van der Waals surface area (Å²) in [4.78, 5) is 26.5. The highest BCUT2D eigenvalue weighted by atomic mass is 35.5. The van der Waals surface area contributed by atoms with Gasteiger partial charge in [0.1, 0.15) is 11.2 Å². The van der Waals surface area contributed by atoms with Crippen LogP contribution in [0.2, 0.25) is 5.15 Å². The molecule has 18 heavy (non-hydrogen) atoms. The number of aryl methyl sites for hydroxylation is 1. The summed E-state index contributed by atoms with van der Waals surface area (Å²) >= 11 is 5.82. The Balaban J connectivity index is 2.88. The van der Waals surface area contributed by atoms with Crippen molar-refractivity contribution in [2.75, 3.05) is 0 Å². The van der Waals surface area contributed by atoms with E-state index in [1.807, 2.05) is 6.92 Å². The zero-order valence-corrected chi connectivity index (χ0v) is 11.0. The summed E-state index contributed by atoms with van der Waals surface area (Å²) in [7, 11) is 0. The molecule has 0 radical (unpaired) electrons. The highest BCUT2D eigenvalue weighted by Crippen LogP contribution is 2.12. The van der Waals surface area contributed by atoms with Crippen LogP contribution in [-0.4, -0.2) is 28.0 Å². The van der Waals surface area contributed by atoms with Crippen molar-refractivity contribution in [3.8, 4) is 0 Å². The van der Waals surface area contributed by atoms with Crippen LogP contribution in [-0.2, 0) is 11.2 Å². The van der Waals surface area contributed by atoms with E-state index in [2.05, 4.69) is 10.3 Å². The van der Waals surface area contributed by atoms with E-state index in [1.165, 1.54) is 13.0 Å². The molecule has 5 nitrogen and oxygen atoms in total. The first-order valence-electron chi connectivity index (χ1n) is 5.64. The number of nitrogens with one attached hydrogen (secondary N) is 1. The molecule has 0 saturated heterocycles. The van der Waals surface area contributed by atoms with Gasteiger partial charge in [-0.15, -0.1) is 0 Å². The van der Waals surface area contributed by atoms with E-state index in [9.17, 15) is 9.59 Å². The molecule has 0 fully saturated rings. The van der Waals surface area contributed by atoms with Crippen molar-refractivity contribution in [3.05, 3.63) is 28.5 Å². The van der Waals surface area contributed by atoms with E-state index in [1.54, 1.807) is 6.07 Å². The number of halogens is 1. The smallest absolute Gasteiger partial charge is 0.325 e. The van der Waals surface area contributed by atoms with Gasteiger partial charge in [0.05, 0.1) is 0 Å². The van der Waals surface area contributed by atoms with E-state index >= 15 is 0 Å². The Morgan fingerprint density at radius 1 is 1.50 bits per heavy atom. The van der Waals surface area contributed by atoms with Gasteiger partial charge in [-0.3, -0.25) is 9.59 Å². The summed E-state index contributed by atoms with van der Waals surface area (Å²) < 4.78 is 0. The van der Waals surface area contributed by atoms with Crippen molar-refractivity contribution in [3.63, 3.8) is 0 Å². The van der Waals surface area contributed by atoms with Gasteiger partial charge in [-0.1, -0.05) is 24.9 Å². The molecule has 0 saturated carbocycles. The topological polar surface area (TPSA) is 79.3 Å². The molecule has 0 aliphatic rings. The minimum absolute atomic E-state index is 0.231. The predicted octanol–water partition coefficient (Wildman–Crippen LogP) is 1.89. The first-order chi connectivity index (χ1) is 8.43. The van der Waals surface area contributed by atoms with Crippen LogP contribution >= 0.6 is 11.6 Å². The molecule has 0 aliphatic carbocycles. The van der Waals surface area contributed by atoms with Crippen LogP contribution in [0.25, 0.3) is 0 Å². The van der Waals surface area contributed by atoms with Crippen LogP contribution in [0, 0.1) is 0 Å². The lowest BCUT2D eigenvalue weighted by Crippen LogP contribution is -2.38. The van der Waals surface area contributed by atoms with Gasteiger partial charge in [-0.05, 0) is 25.5 Å². The number of hydrogen-bond donors (Lipinski definition) is 2. The van der Waals surface area contributed by atoms with Gasteiger partial charge in [-0.2, -0.15) is 0 Å². The maximum Gasteiger partial charge on any atom is 0.325 e. The van der Waals surface area contributed by atoms with Crippen LogP contribution in [0.15, 0.2) is 12.1 Å².